The van der Waals surface area contributed by atoms with Gasteiger partial charge in [0.05, 0.1) is 12.4 Å². The SMILES string of the molecule is CN(CCCNC(=O)O)C(=O)c1cnc(Cl)cn1. The second-order valence-corrected chi connectivity index (χ2v) is 3.92. The lowest BCUT2D eigenvalue weighted by atomic mass is 10.3. The standard InChI is InChI=1S/C10H13ClN4O3/c1-15(4-2-3-12-10(17)18)9(16)7-5-14-8(11)6-13-7/h5-6,12H,2-4H2,1H3,(H,17,18). The van der Waals surface area contributed by atoms with Crippen molar-refractivity contribution >= 4 is 23.6 Å². The van der Waals surface area contributed by atoms with E-state index in [0.29, 0.717) is 19.5 Å². The lowest BCUT2D eigenvalue weighted by molar-refractivity contribution is 0.0787. The van der Waals surface area contributed by atoms with Crippen molar-refractivity contribution in [2.45, 2.75) is 6.42 Å². The summed E-state index contributed by atoms with van der Waals surface area (Å²) in [6.45, 7) is 0.711. The molecule has 0 saturated carbocycles. The van der Waals surface area contributed by atoms with Crippen molar-refractivity contribution < 1.29 is 14.7 Å². The van der Waals surface area contributed by atoms with Crippen LogP contribution in [-0.4, -0.2) is 52.1 Å². The summed E-state index contributed by atoms with van der Waals surface area (Å²) in [6.07, 6.45) is 2.05. The van der Waals surface area contributed by atoms with Crippen molar-refractivity contribution in [1.29, 1.82) is 0 Å². The van der Waals surface area contributed by atoms with Crippen LogP contribution in [0.3, 0.4) is 0 Å². The van der Waals surface area contributed by atoms with Gasteiger partial charge < -0.3 is 15.3 Å². The molecule has 0 unspecified atom stereocenters. The van der Waals surface area contributed by atoms with Gasteiger partial charge in [0.15, 0.2) is 0 Å². The highest BCUT2D eigenvalue weighted by atomic mass is 35.5. The first-order valence-corrected chi connectivity index (χ1v) is 5.58. The second kappa shape index (κ2) is 6.75. The Bertz CT molecular complexity index is 424. The highest BCUT2D eigenvalue weighted by Crippen LogP contribution is 2.03. The molecule has 0 aliphatic carbocycles. The Morgan fingerprint density at radius 3 is 2.72 bits per heavy atom. The number of hydrogen-bond donors (Lipinski definition) is 2. The van der Waals surface area contributed by atoms with E-state index in [2.05, 4.69) is 15.3 Å². The summed E-state index contributed by atoms with van der Waals surface area (Å²) in [5.41, 5.74) is 0.202. The zero-order valence-electron chi connectivity index (χ0n) is 9.76. The molecule has 1 heterocycles. The maximum absolute atomic E-state index is 11.8. The Morgan fingerprint density at radius 1 is 1.44 bits per heavy atom. The third-order valence-electron chi connectivity index (χ3n) is 2.13. The predicted molar refractivity (Wildman–Crippen MR) is 64.6 cm³/mol. The topological polar surface area (TPSA) is 95.4 Å². The van der Waals surface area contributed by atoms with Gasteiger partial charge in [-0.25, -0.2) is 14.8 Å². The van der Waals surface area contributed by atoms with Gasteiger partial charge >= 0.3 is 6.09 Å². The summed E-state index contributed by atoms with van der Waals surface area (Å²) >= 11 is 5.57. The van der Waals surface area contributed by atoms with Gasteiger partial charge in [0.1, 0.15) is 10.8 Å². The minimum atomic E-state index is -1.08. The fourth-order valence-corrected chi connectivity index (χ4v) is 1.33. The van der Waals surface area contributed by atoms with Gasteiger partial charge in [-0.3, -0.25) is 4.79 Å². The first kappa shape index (κ1) is 14.2. The Kier molecular flexibility index (Phi) is 5.31. The molecule has 8 heteroatoms. The van der Waals surface area contributed by atoms with Gasteiger partial charge in [0, 0.05) is 20.1 Å². The van der Waals surface area contributed by atoms with Crippen LogP contribution in [0.4, 0.5) is 4.79 Å². The number of aromatic nitrogens is 2. The minimum Gasteiger partial charge on any atom is -0.465 e. The number of rotatable bonds is 5. The molecule has 1 aromatic heterocycles. The lowest BCUT2D eigenvalue weighted by Gasteiger charge is -2.16. The fraction of sp³-hybridized carbons (Fsp3) is 0.400. The monoisotopic (exact) mass is 272 g/mol. The summed E-state index contributed by atoms with van der Waals surface area (Å²) in [5, 5.41) is 10.8. The van der Waals surface area contributed by atoms with E-state index in [4.69, 9.17) is 16.7 Å². The number of halogens is 1. The molecular formula is C10H13ClN4O3. The van der Waals surface area contributed by atoms with E-state index < -0.39 is 6.09 Å². The quantitative estimate of drug-likeness (QED) is 0.775. The van der Waals surface area contributed by atoms with Crippen LogP contribution in [0.5, 0.6) is 0 Å². The average Bonchev–Trinajstić information content (AvgIpc) is 2.34. The Morgan fingerprint density at radius 2 is 2.17 bits per heavy atom. The highest BCUT2D eigenvalue weighted by molar-refractivity contribution is 6.29. The van der Waals surface area contributed by atoms with Gasteiger partial charge in [-0.1, -0.05) is 11.6 Å². The van der Waals surface area contributed by atoms with Crippen LogP contribution in [0, 0.1) is 0 Å². The van der Waals surface area contributed by atoms with Gasteiger partial charge in [-0.2, -0.15) is 0 Å². The summed E-state index contributed by atoms with van der Waals surface area (Å²) in [6, 6.07) is 0. The molecule has 1 aromatic rings. The van der Waals surface area contributed by atoms with Crippen LogP contribution in [0.25, 0.3) is 0 Å². The van der Waals surface area contributed by atoms with Crippen LogP contribution in [0.15, 0.2) is 12.4 Å². The number of carbonyl (C=O) groups excluding carboxylic acids is 1. The van der Waals surface area contributed by atoms with Crippen LogP contribution >= 0.6 is 11.6 Å². The summed E-state index contributed by atoms with van der Waals surface area (Å²) in [4.78, 5) is 31.1. The molecule has 0 bridgehead atoms. The largest absolute Gasteiger partial charge is 0.465 e. The number of carbonyl (C=O) groups is 2. The zero-order valence-corrected chi connectivity index (χ0v) is 10.5. The molecule has 98 valence electrons. The molecule has 0 aliphatic heterocycles. The maximum Gasteiger partial charge on any atom is 0.404 e. The molecule has 0 aliphatic rings. The Hall–Kier alpha value is -1.89. The Labute approximate surface area is 109 Å². The van der Waals surface area contributed by atoms with E-state index in [9.17, 15) is 9.59 Å². The third kappa shape index (κ3) is 4.54. The molecular weight excluding hydrogens is 260 g/mol. The molecule has 2 N–H and O–H groups in total. The molecule has 0 fully saturated rings. The summed E-state index contributed by atoms with van der Waals surface area (Å²) in [7, 11) is 1.61. The van der Waals surface area contributed by atoms with Gasteiger partial charge in [0.2, 0.25) is 0 Å². The van der Waals surface area contributed by atoms with Gasteiger partial charge in [-0.15, -0.1) is 0 Å². The maximum atomic E-state index is 11.8. The smallest absolute Gasteiger partial charge is 0.404 e. The Balaban J connectivity index is 2.41. The third-order valence-corrected chi connectivity index (χ3v) is 2.33. The van der Waals surface area contributed by atoms with Crippen LogP contribution < -0.4 is 5.32 Å². The summed E-state index contributed by atoms with van der Waals surface area (Å²) < 4.78 is 0. The molecule has 0 aromatic carbocycles. The fourth-order valence-electron chi connectivity index (χ4n) is 1.23. The number of nitrogens with zero attached hydrogens (tertiary/aromatic N) is 3. The van der Waals surface area contributed by atoms with Crippen molar-refractivity contribution in [1.82, 2.24) is 20.2 Å². The van der Waals surface area contributed by atoms with E-state index in [1.165, 1.54) is 17.3 Å². The molecule has 0 radical (unpaired) electrons. The number of carboxylic acid groups (broad SMARTS) is 1. The van der Waals surface area contributed by atoms with Crippen molar-refractivity contribution in [2.24, 2.45) is 0 Å². The van der Waals surface area contributed by atoms with E-state index in [0.717, 1.165) is 0 Å². The predicted octanol–water partition coefficient (Wildman–Crippen LogP) is 0.860. The first-order valence-electron chi connectivity index (χ1n) is 5.20. The van der Waals surface area contributed by atoms with Crippen molar-refractivity contribution in [3.8, 4) is 0 Å². The average molecular weight is 273 g/mol. The summed E-state index contributed by atoms with van der Waals surface area (Å²) in [5.74, 6) is -0.283. The lowest BCUT2D eigenvalue weighted by Crippen LogP contribution is -2.31. The van der Waals surface area contributed by atoms with Crippen LogP contribution in [-0.2, 0) is 0 Å². The van der Waals surface area contributed by atoms with E-state index in [-0.39, 0.29) is 16.8 Å². The highest BCUT2D eigenvalue weighted by Gasteiger charge is 2.13. The van der Waals surface area contributed by atoms with Crippen LogP contribution in [0.1, 0.15) is 16.9 Å². The molecule has 2 amide bonds. The number of amides is 2. The van der Waals surface area contributed by atoms with Crippen molar-refractivity contribution in [3.63, 3.8) is 0 Å². The molecule has 0 saturated heterocycles. The van der Waals surface area contributed by atoms with Gasteiger partial charge in [0.25, 0.3) is 5.91 Å². The van der Waals surface area contributed by atoms with E-state index in [1.807, 2.05) is 0 Å². The molecule has 18 heavy (non-hydrogen) atoms. The molecule has 7 nitrogen and oxygen atoms in total. The van der Waals surface area contributed by atoms with E-state index >= 15 is 0 Å². The molecule has 0 atom stereocenters. The number of nitrogens with one attached hydrogen (secondary N) is 1. The molecule has 0 spiro atoms. The van der Waals surface area contributed by atoms with Gasteiger partial charge in [-0.05, 0) is 6.42 Å². The normalized spacial score (nSPS) is 9.89. The molecule has 1 rings (SSSR count). The number of hydrogen-bond acceptors (Lipinski definition) is 4. The van der Waals surface area contributed by atoms with Crippen LogP contribution in [0.2, 0.25) is 5.15 Å². The second-order valence-electron chi connectivity index (χ2n) is 3.54. The first-order chi connectivity index (χ1) is 8.50. The zero-order chi connectivity index (χ0) is 13.5. The van der Waals surface area contributed by atoms with Crippen molar-refractivity contribution in [3.05, 3.63) is 23.2 Å². The minimum absolute atomic E-state index is 0.202. The van der Waals surface area contributed by atoms with E-state index in [1.54, 1.807) is 7.05 Å². The van der Waals surface area contributed by atoms with Crippen molar-refractivity contribution in [2.75, 3.05) is 20.1 Å².